The van der Waals surface area contributed by atoms with Crippen LogP contribution in [0.2, 0.25) is 0 Å². The second kappa shape index (κ2) is 9.71. The summed E-state index contributed by atoms with van der Waals surface area (Å²) in [6.45, 7) is -1.18. The first-order valence-corrected chi connectivity index (χ1v) is 11.3. The first-order chi connectivity index (χ1) is 15.8. The third-order valence-electron chi connectivity index (χ3n) is 4.31. The monoisotopic (exact) mass is 493 g/mol. The molecule has 2 aromatic carbocycles. The van der Waals surface area contributed by atoms with Crippen molar-refractivity contribution in [1.29, 1.82) is 0 Å². The molecule has 0 saturated carbocycles. The van der Waals surface area contributed by atoms with Crippen LogP contribution in [0.15, 0.2) is 66.0 Å². The number of hydrogen-bond acceptors (Lipinski definition) is 6. The summed E-state index contributed by atoms with van der Waals surface area (Å²) < 4.78 is 53.7. The highest BCUT2D eigenvalue weighted by Crippen LogP contribution is 2.32. The molecule has 0 saturated heterocycles. The number of aromatic nitrogens is 4. The lowest BCUT2D eigenvalue weighted by Gasteiger charge is -2.13. The first-order valence-electron chi connectivity index (χ1n) is 9.48. The lowest BCUT2D eigenvalue weighted by atomic mass is 10.2. The number of amides is 1. The summed E-state index contributed by atoms with van der Waals surface area (Å²) in [7, 11) is 0. The zero-order valence-corrected chi connectivity index (χ0v) is 18.3. The fourth-order valence-corrected chi connectivity index (χ4v) is 4.59. The predicted molar refractivity (Wildman–Crippen MR) is 118 cm³/mol. The van der Waals surface area contributed by atoms with Gasteiger partial charge in [0.25, 0.3) is 5.91 Å². The normalized spacial score (nSPS) is 11.5. The van der Waals surface area contributed by atoms with Crippen LogP contribution >= 0.6 is 23.1 Å². The van der Waals surface area contributed by atoms with Gasteiger partial charge in [-0.2, -0.15) is 13.2 Å². The minimum atomic E-state index is -4.42. The van der Waals surface area contributed by atoms with Crippen molar-refractivity contribution >= 4 is 34.7 Å². The Morgan fingerprint density at radius 2 is 1.79 bits per heavy atom. The molecule has 0 unspecified atom stereocenters. The Bertz CT molecular complexity index is 1240. The molecule has 12 heteroatoms. The third kappa shape index (κ3) is 5.96. The van der Waals surface area contributed by atoms with E-state index in [1.165, 1.54) is 30.5 Å². The first kappa shape index (κ1) is 22.9. The quantitative estimate of drug-likeness (QED) is 0.266. The van der Waals surface area contributed by atoms with Crippen LogP contribution < -0.4 is 5.32 Å². The molecule has 0 aliphatic carbocycles. The molecule has 170 valence electrons. The summed E-state index contributed by atoms with van der Waals surface area (Å²) in [5.74, 6) is -0.757. The molecule has 0 spiro atoms. The van der Waals surface area contributed by atoms with Crippen molar-refractivity contribution in [2.24, 2.45) is 0 Å². The molecule has 0 radical (unpaired) electrons. The smallest absolute Gasteiger partial charge is 0.320 e. The summed E-state index contributed by atoms with van der Waals surface area (Å²) in [6.07, 6.45) is -3.01. The average Bonchev–Trinajstić information content (AvgIpc) is 3.41. The van der Waals surface area contributed by atoms with Gasteiger partial charge in [-0.05, 0) is 29.8 Å². The van der Waals surface area contributed by atoms with Crippen molar-refractivity contribution in [1.82, 2.24) is 19.7 Å². The van der Waals surface area contributed by atoms with Crippen LogP contribution in [-0.2, 0) is 12.3 Å². The Balaban J connectivity index is 1.47. The van der Waals surface area contributed by atoms with Gasteiger partial charge in [-0.15, -0.1) is 10.2 Å². The van der Waals surface area contributed by atoms with Crippen molar-refractivity contribution in [3.05, 3.63) is 76.6 Å². The number of carbonyl (C=O) groups is 1. The van der Waals surface area contributed by atoms with E-state index in [0.717, 1.165) is 27.7 Å². The molecule has 33 heavy (non-hydrogen) atoms. The molecule has 2 heterocycles. The highest BCUT2D eigenvalue weighted by Gasteiger charge is 2.31. The SMILES string of the molecule is O=C(Nc1ccc(F)cc1)c1nnc(CSc2ncc(-c3ccccc3)n2CC(F)(F)F)s1. The lowest BCUT2D eigenvalue weighted by Crippen LogP contribution is -2.19. The number of carbonyl (C=O) groups excluding carboxylic acids is 1. The maximum Gasteiger partial charge on any atom is 0.406 e. The van der Waals surface area contributed by atoms with Crippen LogP contribution in [0.5, 0.6) is 0 Å². The number of nitrogens with one attached hydrogen (secondary N) is 1. The number of alkyl halides is 3. The van der Waals surface area contributed by atoms with E-state index >= 15 is 0 Å². The number of benzene rings is 2. The molecule has 0 fully saturated rings. The van der Waals surface area contributed by atoms with E-state index < -0.39 is 24.4 Å². The van der Waals surface area contributed by atoms with Gasteiger partial charge in [0.15, 0.2) is 5.16 Å². The minimum absolute atomic E-state index is 0.0820. The van der Waals surface area contributed by atoms with Gasteiger partial charge in [0.2, 0.25) is 5.01 Å². The zero-order valence-electron chi connectivity index (χ0n) is 16.7. The van der Waals surface area contributed by atoms with Gasteiger partial charge in [0, 0.05) is 5.69 Å². The molecule has 0 atom stereocenters. The van der Waals surface area contributed by atoms with E-state index in [-0.39, 0.29) is 15.9 Å². The van der Waals surface area contributed by atoms with Gasteiger partial charge in [-0.1, -0.05) is 53.4 Å². The molecule has 1 amide bonds. The van der Waals surface area contributed by atoms with Crippen LogP contribution in [0, 0.1) is 5.82 Å². The second-order valence-corrected chi connectivity index (χ2v) is 8.75. The van der Waals surface area contributed by atoms with E-state index in [0.29, 0.717) is 22.0 Å². The summed E-state index contributed by atoms with van der Waals surface area (Å²) in [5.41, 5.74) is 1.37. The maximum atomic E-state index is 13.2. The van der Waals surface area contributed by atoms with Gasteiger partial charge in [0.05, 0.1) is 17.6 Å². The van der Waals surface area contributed by atoms with Gasteiger partial charge in [-0.3, -0.25) is 4.79 Å². The average molecular weight is 494 g/mol. The summed E-state index contributed by atoms with van der Waals surface area (Å²) in [6, 6.07) is 14.0. The molecular formula is C21H15F4N5OS2. The Morgan fingerprint density at radius 1 is 1.06 bits per heavy atom. The highest BCUT2D eigenvalue weighted by molar-refractivity contribution is 7.98. The number of hydrogen-bond donors (Lipinski definition) is 1. The Labute approximate surface area is 193 Å². The fraction of sp³-hybridized carbons (Fsp3) is 0.143. The molecule has 0 aliphatic heterocycles. The number of nitrogens with zero attached hydrogens (tertiary/aromatic N) is 4. The van der Waals surface area contributed by atoms with Gasteiger partial charge in [-0.25, -0.2) is 9.37 Å². The summed E-state index contributed by atoms with van der Waals surface area (Å²) in [4.78, 5) is 16.5. The molecular weight excluding hydrogens is 478 g/mol. The zero-order chi connectivity index (χ0) is 23.4. The van der Waals surface area contributed by atoms with E-state index in [4.69, 9.17) is 0 Å². The second-order valence-electron chi connectivity index (χ2n) is 6.74. The number of halogens is 4. The molecule has 4 rings (SSSR count). The standard InChI is InChI=1S/C21H15F4N5OS2/c22-14-6-8-15(9-7-14)27-18(31)19-29-28-17(33-19)11-32-20-26-10-16(13-4-2-1-3-5-13)30(20)12-21(23,24)25/h1-10H,11-12H2,(H,27,31). The third-order valence-corrected chi connectivity index (χ3v) is 6.42. The van der Waals surface area contributed by atoms with Crippen LogP contribution in [0.25, 0.3) is 11.3 Å². The fourth-order valence-electron chi connectivity index (χ4n) is 2.89. The van der Waals surface area contributed by atoms with Crippen molar-refractivity contribution < 1.29 is 22.4 Å². The van der Waals surface area contributed by atoms with Crippen LogP contribution in [0.1, 0.15) is 14.8 Å². The molecule has 2 aromatic heterocycles. The molecule has 6 nitrogen and oxygen atoms in total. The number of thioether (sulfide) groups is 1. The topological polar surface area (TPSA) is 72.7 Å². The summed E-state index contributed by atoms with van der Waals surface area (Å²) >= 11 is 2.09. The summed E-state index contributed by atoms with van der Waals surface area (Å²) in [5, 5.41) is 11.1. The Hall–Kier alpha value is -3.25. The lowest BCUT2D eigenvalue weighted by molar-refractivity contribution is -0.141. The molecule has 1 N–H and O–H groups in total. The molecule has 0 aliphatic rings. The number of anilines is 1. The Morgan fingerprint density at radius 3 is 2.48 bits per heavy atom. The van der Waals surface area contributed by atoms with Crippen molar-refractivity contribution in [2.45, 2.75) is 23.6 Å². The van der Waals surface area contributed by atoms with Gasteiger partial charge >= 0.3 is 6.18 Å². The molecule has 4 aromatic rings. The number of rotatable bonds is 7. The minimum Gasteiger partial charge on any atom is -0.320 e. The van der Waals surface area contributed by atoms with Crippen molar-refractivity contribution in [2.75, 3.05) is 5.32 Å². The Kier molecular flexibility index (Phi) is 6.75. The van der Waals surface area contributed by atoms with Crippen LogP contribution in [0.4, 0.5) is 23.2 Å². The molecule has 0 bridgehead atoms. The van der Waals surface area contributed by atoms with Gasteiger partial charge in [0.1, 0.15) is 17.4 Å². The largest absolute Gasteiger partial charge is 0.406 e. The van der Waals surface area contributed by atoms with Gasteiger partial charge < -0.3 is 9.88 Å². The van der Waals surface area contributed by atoms with E-state index in [9.17, 15) is 22.4 Å². The van der Waals surface area contributed by atoms with E-state index in [2.05, 4.69) is 20.5 Å². The van der Waals surface area contributed by atoms with Crippen molar-refractivity contribution in [3.8, 4) is 11.3 Å². The van der Waals surface area contributed by atoms with Crippen molar-refractivity contribution in [3.63, 3.8) is 0 Å². The highest BCUT2D eigenvalue weighted by atomic mass is 32.2. The number of imidazole rings is 1. The van der Waals surface area contributed by atoms with Crippen LogP contribution in [0.3, 0.4) is 0 Å². The predicted octanol–water partition coefficient (Wildman–Crippen LogP) is 5.65. The maximum absolute atomic E-state index is 13.2. The van der Waals surface area contributed by atoms with E-state index in [1.807, 2.05) is 0 Å². The van der Waals surface area contributed by atoms with Crippen LogP contribution in [-0.4, -0.2) is 31.8 Å². The van der Waals surface area contributed by atoms with E-state index in [1.54, 1.807) is 30.3 Å².